The van der Waals surface area contributed by atoms with Crippen molar-refractivity contribution in [2.24, 2.45) is 0 Å². The second-order valence-corrected chi connectivity index (χ2v) is 5.94. The number of aromatic hydroxyl groups is 1. The molecule has 2 aromatic carbocycles. The summed E-state index contributed by atoms with van der Waals surface area (Å²) < 4.78 is 6.83. The fourth-order valence-electron chi connectivity index (χ4n) is 3.15. The Morgan fingerprint density at radius 2 is 2.04 bits per heavy atom. The van der Waals surface area contributed by atoms with Crippen LogP contribution in [0.25, 0.3) is 5.70 Å². The summed E-state index contributed by atoms with van der Waals surface area (Å²) in [5.41, 5.74) is 2.42. The third kappa shape index (κ3) is 3.01. The molecule has 0 radical (unpaired) electrons. The van der Waals surface area contributed by atoms with Gasteiger partial charge >= 0.3 is 5.97 Å². The molecule has 0 saturated heterocycles. The number of rotatable bonds is 4. The van der Waals surface area contributed by atoms with Crippen molar-refractivity contribution in [2.75, 3.05) is 11.9 Å². The molecule has 136 valence electrons. The first kappa shape index (κ1) is 16.8. The first-order valence-corrected chi connectivity index (χ1v) is 8.49. The maximum absolute atomic E-state index is 12.9. The second kappa shape index (κ2) is 6.91. The molecule has 0 amide bonds. The van der Waals surface area contributed by atoms with Crippen LogP contribution in [0.5, 0.6) is 5.75 Å². The van der Waals surface area contributed by atoms with Crippen molar-refractivity contribution in [1.82, 2.24) is 20.2 Å². The van der Waals surface area contributed by atoms with Crippen molar-refractivity contribution in [2.45, 2.75) is 13.0 Å². The predicted octanol–water partition coefficient (Wildman–Crippen LogP) is 2.37. The molecule has 0 unspecified atom stereocenters. The average Bonchev–Trinajstić information content (AvgIpc) is 3.15. The van der Waals surface area contributed by atoms with Gasteiger partial charge in [0.2, 0.25) is 5.95 Å². The monoisotopic (exact) mass is 363 g/mol. The maximum atomic E-state index is 12.9. The highest BCUT2D eigenvalue weighted by Gasteiger charge is 2.36. The number of esters is 1. The Bertz CT molecular complexity index is 1010. The highest BCUT2D eigenvalue weighted by atomic mass is 16.5. The van der Waals surface area contributed by atoms with Crippen molar-refractivity contribution < 1.29 is 14.6 Å². The number of phenolic OH excluding ortho intramolecular Hbond substituents is 1. The van der Waals surface area contributed by atoms with Gasteiger partial charge in [0, 0.05) is 0 Å². The molecule has 2 heterocycles. The molecule has 2 N–H and O–H groups in total. The Morgan fingerprint density at radius 1 is 1.22 bits per heavy atom. The molecule has 27 heavy (non-hydrogen) atoms. The Kier molecular flexibility index (Phi) is 4.29. The van der Waals surface area contributed by atoms with Crippen molar-refractivity contribution in [3.63, 3.8) is 0 Å². The van der Waals surface area contributed by atoms with Crippen LogP contribution in [0, 0.1) is 0 Å². The number of anilines is 1. The molecule has 1 atom stereocenters. The molecule has 3 aromatic rings. The highest BCUT2D eigenvalue weighted by Crippen LogP contribution is 2.39. The van der Waals surface area contributed by atoms with E-state index in [4.69, 9.17) is 4.74 Å². The van der Waals surface area contributed by atoms with Gasteiger partial charge in [-0.1, -0.05) is 47.6 Å². The van der Waals surface area contributed by atoms with E-state index in [0.717, 1.165) is 5.56 Å². The van der Waals surface area contributed by atoms with Crippen LogP contribution in [0.4, 0.5) is 5.95 Å². The standard InChI is InChI=1S/C19H17N5O3/c1-2-27-18(26)15-16(12-7-4-3-5-8-12)20-19-21-22-23-24(19)17(15)13-9-6-10-14(25)11-13/h3-11,17,25H,2H2,1H3,(H,20,21,23)/t17-/m1/s1. The van der Waals surface area contributed by atoms with E-state index < -0.39 is 12.0 Å². The zero-order valence-electron chi connectivity index (χ0n) is 14.5. The smallest absolute Gasteiger partial charge is 0.338 e. The summed E-state index contributed by atoms with van der Waals surface area (Å²) in [6.45, 7) is 1.99. The van der Waals surface area contributed by atoms with E-state index >= 15 is 0 Å². The molecule has 0 fully saturated rings. The van der Waals surface area contributed by atoms with Gasteiger partial charge in [0.05, 0.1) is 17.9 Å². The number of ether oxygens (including phenoxy) is 1. The minimum absolute atomic E-state index is 0.0881. The van der Waals surface area contributed by atoms with Gasteiger partial charge in [-0.05, 0) is 40.6 Å². The first-order chi connectivity index (χ1) is 13.2. The van der Waals surface area contributed by atoms with Crippen LogP contribution >= 0.6 is 0 Å². The van der Waals surface area contributed by atoms with Crippen molar-refractivity contribution in [3.8, 4) is 5.75 Å². The van der Waals surface area contributed by atoms with Gasteiger partial charge in [0.15, 0.2) is 0 Å². The Labute approximate surface area is 155 Å². The molecule has 0 saturated carbocycles. The van der Waals surface area contributed by atoms with E-state index in [2.05, 4.69) is 20.8 Å². The summed E-state index contributed by atoms with van der Waals surface area (Å²) in [4.78, 5) is 12.9. The van der Waals surface area contributed by atoms with E-state index in [1.807, 2.05) is 36.4 Å². The lowest BCUT2D eigenvalue weighted by atomic mass is 9.93. The van der Waals surface area contributed by atoms with Crippen LogP contribution in [0.3, 0.4) is 0 Å². The van der Waals surface area contributed by atoms with Gasteiger partial charge < -0.3 is 15.2 Å². The number of benzene rings is 2. The average molecular weight is 363 g/mol. The van der Waals surface area contributed by atoms with Crippen LogP contribution in [0.15, 0.2) is 60.2 Å². The number of hydrogen-bond donors (Lipinski definition) is 2. The van der Waals surface area contributed by atoms with Gasteiger partial charge in [0.25, 0.3) is 0 Å². The predicted molar refractivity (Wildman–Crippen MR) is 97.7 cm³/mol. The molecule has 0 spiro atoms. The van der Waals surface area contributed by atoms with Crippen molar-refractivity contribution >= 4 is 17.6 Å². The Hall–Kier alpha value is -3.68. The number of carbonyl (C=O) groups excluding carboxylic acids is 1. The van der Waals surface area contributed by atoms with E-state index in [-0.39, 0.29) is 12.4 Å². The second-order valence-electron chi connectivity index (χ2n) is 5.94. The minimum atomic E-state index is -0.641. The third-order valence-electron chi connectivity index (χ3n) is 4.26. The van der Waals surface area contributed by atoms with Crippen LogP contribution in [0.1, 0.15) is 24.1 Å². The fraction of sp³-hybridized carbons (Fsp3) is 0.158. The number of phenols is 1. The van der Waals surface area contributed by atoms with Crippen LogP contribution in [-0.4, -0.2) is 37.9 Å². The maximum Gasteiger partial charge on any atom is 0.338 e. The first-order valence-electron chi connectivity index (χ1n) is 8.49. The molecule has 1 aliphatic rings. The SMILES string of the molecule is CCOC(=O)C1=C(c2ccccc2)Nc2nnnn2[C@@H]1c1cccc(O)c1. The molecule has 0 bridgehead atoms. The zero-order chi connectivity index (χ0) is 18.8. The van der Waals surface area contributed by atoms with Gasteiger partial charge in [-0.3, -0.25) is 0 Å². The largest absolute Gasteiger partial charge is 0.508 e. The number of fused-ring (bicyclic) bond motifs is 1. The van der Waals surface area contributed by atoms with E-state index in [1.165, 1.54) is 4.68 Å². The topological polar surface area (TPSA) is 102 Å². The lowest BCUT2D eigenvalue weighted by Crippen LogP contribution is -2.30. The normalized spacial score (nSPS) is 15.8. The summed E-state index contributed by atoms with van der Waals surface area (Å²) in [5.74, 6) is 0.0127. The molecule has 1 aliphatic heterocycles. The van der Waals surface area contributed by atoms with Gasteiger partial charge in [-0.2, -0.15) is 4.68 Å². The van der Waals surface area contributed by atoms with Crippen molar-refractivity contribution in [3.05, 3.63) is 71.3 Å². The molecule has 1 aromatic heterocycles. The lowest BCUT2D eigenvalue weighted by molar-refractivity contribution is -0.138. The van der Waals surface area contributed by atoms with E-state index in [1.54, 1.807) is 25.1 Å². The summed E-state index contributed by atoms with van der Waals surface area (Å²) >= 11 is 0. The molecular weight excluding hydrogens is 346 g/mol. The molecule has 0 aliphatic carbocycles. The molecule has 8 nitrogen and oxygen atoms in total. The van der Waals surface area contributed by atoms with E-state index in [0.29, 0.717) is 22.8 Å². The molecular formula is C19H17N5O3. The van der Waals surface area contributed by atoms with E-state index in [9.17, 15) is 9.90 Å². The number of nitrogens with zero attached hydrogens (tertiary/aromatic N) is 4. The summed E-state index contributed by atoms with van der Waals surface area (Å²) in [7, 11) is 0. The van der Waals surface area contributed by atoms with Crippen LogP contribution in [-0.2, 0) is 9.53 Å². The molecule has 8 heteroatoms. The quantitative estimate of drug-likeness (QED) is 0.686. The fourth-order valence-corrected chi connectivity index (χ4v) is 3.15. The number of hydrogen-bond acceptors (Lipinski definition) is 7. The third-order valence-corrected chi connectivity index (χ3v) is 4.26. The summed E-state index contributed by atoms with van der Waals surface area (Å²) in [5, 5.41) is 24.9. The van der Waals surface area contributed by atoms with Crippen LogP contribution < -0.4 is 5.32 Å². The van der Waals surface area contributed by atoms with Gasteiger partial charge in [-0.15, -0.1) is 0 Å². The van der Waals surface area contributed by atoms with Crippen molar-refractivity contribution in [1.29, 1.82) is 0 Å². The van der Waals surface area contributed by atoms with Gasteiger partial charge in [0.1, 0.15) is 11.8 Å². The number of nitrogens with one attached hydrogen (secondary N) is 1. The Morgan fingerprint density at radius 3 is 2.78 bits per heavy atom. The highest BCUT2D eigenvalue weighted by molar-refractivity contribution is 6.02. The number of tetrazole rings is 1. The minimum Gasteiger partial charge on any atom is -0.508 e. The van der Waals surface area contributed by atoms with Gasteiger partial charge in [-0.25, -0.2) is 4.79 Å². The summed E-state index contributed by atoms with van der Waals surface area (Å²) in [6, 6.07) is 15.5. The molecule has 4 rings (SSSR count). The number of aromatic nitrogens is 4. The Balaban J connectivity index is 1.97. The zero-order valence-corrected chi connectivity index (χ0v) is 14.5. The summed E-state index contributed by atoms with van der Waals surface area (Å²) in [6.07, 6.45) is 0. The van der Waals surface area contributed by atoms with Crippen LogP contribution in [0.2, 0.25) is 0 Å². The lowest BCUT2D eigenvalue weighted by Gasteiger charge is -2.28. The number of carbonyl (C=O) groups is 1.